The molecule has 0 aromatic heterocycles. The highest BCUT2D eigenvalue weighted by Gasteiger charge is 2.25. The van der Waals surface area contributed by atoms with Gasteiger partial charge in [0.15, 0.2) is 0 Å². The van der Waals surface area contributed by atoms with E-state index >= 15 is 0 Å². The lowest BCUT2D eigenvalue weighted by Gasteiger charge is -2.27. The Kier molecular flexibility index (Phi) is 5.26. The first kappa shape index (κ1) is 15.5. The number of benzene rings is 1. The summed E-state index contributed by atoms with van der Waals surface area (Å²) in [6.07, 6.45) is 0. The first-order valence-electron chi connectivity index (χ1n) is 6.32. The highest BCUT2D eigenvalue weighted by Crippen LogP contribution is 2.30. The molecule has 0 bridgehead atoms. The van der Waals surface area contributed by atoms with E-state index in [0.717, 1.165) is 11.6 Å². The third-order valence-corrected chi connectivity index (χ3v) is 4.98. The highest BCUT2D eigenvalue weighted by atomic mass is 32.2. The van der Waals surface area contributed by atoms with Crippen LogP contribution in [0.25, 0.3) is 0 Å². The van der Waals surface area contributed by atoms with Crippen molar-refractivity contribution in [1.82, 2.24) is 0 Å². The summed E-state index contributed by atoms with van der Waals surface area (Å²) in [6, 6.07) is 11.3. The smallest absolute Gasteiger partial charge is 0.0806 e. The number of rotatable bonds is 5. The average molecular weight is 281 g/mol. The van der Waals surface area contributed by atoms with Crippen LogP contribution in [0, 0.1) is 0 Å². The number of thioether (sulfide) groups is 1. The topological polar surface area (TPSA) is 20.2 Å². The number of hydrogen-bond acceptors (Lipinski definition) is 2. The van der Waals surface area contributed by atoms with Gasteiger partial charge in [-0.3, -0.25) is 0 Å². The molecule has 0 amide bonds. The van der Waals surface area contributed by atoms with E-state index in [4.69, 9.17) is 0 Å². The fraction of sp³-hybridized carbons (Fsp3) is 0.467. The van der Waals surface area contributed by atoms with Crippen LogP contribution in [0.15, 0.2) is 46.2 Å². The van der Waals surface area contributed by atoms with Gasteiger partial charge < -0.3 is 5.11 Å². The van der Waals surface area contributed by atoms with E-state index in [1.54, 1.807) is 11.8 Å². The van der Waals surface area contributed by atoms with Crippen molar-refractivity contribution in [3.8, 4) is 0 Å². The summed E-state index contributed by atoms with van der Waals surface area (Å²) in [5.41, 5.74) is 0.428. The molecule has 1 aromatic carbocycles. The van der Waals surface area contributed by atoms with Gasteiger partial charge in [0.05, 0.1) is 5.60 Å². The molecule has 0 aliphatic heterocycles. The molecule has 0 aliphatic carbocycles. The lowest BCUT2D eigenvalue weighted by molar-refractivity contribution is 0.120. The molecule has 18 heavy (non-hydrogen) atoms. The fourth-order valence-electron chi connectivity index (χ4n) is 1.61. The van der Waals surface area contributed by atoms with E-state index in [1.807, 2.05) is 32.0 Å². The van der Waals surface area contributed by atoms with E-state index < -0.39 is 13.7 Å². The summed E-state index contributed by atoms with van der Waals surface area (Å²) in [4.78, 5) is 1.22. The molecule has 100 valence electrons. The molecule has 0 atom stereocenters. The van der Waals surface area contributed by atoms with Gasteiger partial charge in [0.1, 0.15) is 0 Å². The van der Waals surface area contributed by atoms with Crippen LogP contribution in [-0.4, -0.2) is 18.8 Å². The van der Waals surface area contributed by atoms with E-state index in [2.05, 4.69) is 37.2 Å². The molecule has 1 N–H and O–H groups in total. The van der Waals surface area contributed by atoms with Crippen molar-refractivity contribution in [2.24, 2.45) is 0 Å². The van der Waals surface area contributed by atoms with Crippen LogP contribution in [0.5, 0.6) is 0 Å². The Bertz CT molecular complexity index is 399. The van der Waals surface area contributed by atoms with Crippen LogP contribution in [0.1, 0.15) is 13.8 Å². The van der Waals surface area contributed by atoms with Crippen molar-refractivity contribution < 1.29 is 5.11 Å². The molecule has 0 heterocycles. The van der Waals surface area contributed by atoms with Gasteiger partial charge in [0.2, 0.25) is 0 Å². The van der Waals surface area contributed by atoms with E-state index in [1.165, 1.54) is 4.90 Å². The summed E-state index contributed by atoms with van der Waals surface area (Å²) in [5.74, 6) is 0. The van der Waals surface area contributed by atoms with Gasteiger partial charge in [-0.15, -0.1) is 0 Å². The molecule has 0 saturated carbocycles. The van der Waals surface area contributed by atoms with Crippen LogP contribution >= 0.6 is 11.8 Å². The third-order valence-electron chi connectivity index (χ3n) is 2.59. The summed E-state index contributed by atoms with van der Waals surface area (Å²) in [7, 11) is -1.21. The van der Waals surface area contributed by atoms with E-state index in [0.29, 0.717) is 0 Å². The van der Waals surface area contributed by atoms with Crippen molar-refractivity contribution in [3.63, 3.8) is 0 Å². The minimum atomic E-state index is -1.21. The van der Waals surface area contributed by atoms with Gasteiger partial charge in [-0.1, -0.05) is 49.6 Å². The Labute approximate surface area is 116 Å². The molecule has 1 rings (SSSR count). The van der Waals surface area contributed by atoms with Crippen molar-refractivity contribution in [2.75, 3.05) is 0 Å². The van der Waals surface area contributed by atoms with Gasteiger partial charge in [-0.2, -0.15) is 0 Å². The monoisotopic (exact) mass is 280 g/mol. The molecule has 1 aromatic rings. The molecule has 0 saturated heterocycles. The standard InChI is InChI=1S/C15H24OSSi/c1-15(2,16)13(12-18(3,4)5)11-17-14-9-7-6-8-10-14/h6-11,16H,12H2,1-5H3/b13-11+. The van der Waals surface area contributed by atoms with Gasteiger partial charge in [0, 0.05) is 13.0 Å². The number of hydrogen-bond donors (Lipinski definition) is 1. The van der Waals surface area contributed by atoms with Gasteiger partial charge in [-0.25, -0.2) is 0 Å². The maximum atomic E-state index is 10.3. The fourth-order valence-corrected chi connectivity index (χ4v) is 4.40. The Balaban J connectivity index is 2.84. The maximum Gasteiger partial charge on any atom is 0.0806 e. The van der Waals surface area contributed by atoms with Gasteiger partial charge in [-0.05, 0) is 43.0 Å². The predicted molar refractivity (Wildman–Crippen MR) is 84.8 cm³/mol. The molecular weight excluding hydrogens is 256 g/mol. The molecular formula is C15H24OSSi. The normalized spacial score (nSPS) is 13.8. The van der Waals surface area contributed by atoms with Gasteiger partial charge >= 0.3 is 0 Å². The van der Waals surface area contributed by atoms with Crippen molar-refractivity contribution in [2.45, 2.75) is 50.0 Å². The van der Waals surface area contributed by atoms with Crippen LogP contribution in [0.2, 0.25) is 25.7 Å². The zero-order chi connectivity index (χ0) is 13.8. The first-order chi connectivity index (χ1) is 8.18. The summed E-state index contributed by atoms with van der Waals surface area (Å²) in [6.45, 7) is 10.8. The van der Waals surface area contributed by atoms with Crippen LogP contribution in [0.4, 0.5) is 0 Å². The molecule has 0 unspecified atom stereocenters. The minimum absolute atomic E-state index is 0.720. The molecule has 0 aliphatic rings. The minimum Gasteiger partial charge on any atom is -0.386 e. The van der Waals surface area contributed by atoms with Crippen molar-refractivity contribution >= 4 is 19.8 Å². The summed E-state index contributed by atoms with van der Waals surface area (Å²) < 4.78 is 0. The average Bonchev–Trinajstić information content (AvgIpc) is 2.22. The number of aliphatic hydroxyl groups is 1. The lowest BCUT2D eigenvalue weighted by atomic mass is 10.0. The Morgan fingerprint density at radius 2 is 1.78 bits per heavy atom. The molecule has 0 spiro atoms. The zero-order valence-electron chi connectivity index (χ0n) is 12.0. The molecule has 0 fully saturated rings. The van der Waals surface area contributed by atoms with Crippen LogP contribution < -0.4 is 0 Å². The van der Waals surface area contributed by atoms with Gasteiger partial charge in [0.25, 0.3) is 0 Å². The van der Waals surface area contributed by atoms with E-state index in [-0.39, 0.29) is 0 Å². The second-order valence-electron chi connectivity index (χ2n) is 6.37. The van der Waals surface area contributed by atoms with E-state index in [9.17, 15) is 5.11 Å². The maximum absolute atomic E-state index is 10.3. The summed E-state index contributed by atoms with van der Waals surface area (Å²) >= 11 is 1.70. The Hall–Kier alpha value is -0.513. The highest BCUT2D eigenvalue weighted by molar-refractivity contribution is 8.02. The third kappa shape index (κ3) is 5.89. The second kappa shape index (κ2) is 6.09. The largest absolute Gasteiger partial charge is 0.386 e. The van der Waals surface area contributed by atoms with Crippen LogP contribution in [-0.2, 0) is 0 Å². The predicted octanol–water partition coefficient (Wildman–Crippen LogP) is 4.77. The van der Waals surface area contributed by atoms with Crippen molar-refractivity contribution in [3.05, 3.63) is 41.3 Å². The lowest BCUT2D eigenvalue weighted by Crippen LogP contribution is -2.29. The first-order valence-corrected chi connectivity index (χ1v) is 10.9. The molecule has 3 heteroatoms. The second-order valence-corrected chi connectivity index (χ2v) is 12.8. The molecule has 0 radical (unpaired) electrons. The SMILES string of the molecule is CC(C)(O)/C(=C/Sc1ccccc1)C[Si](C)(C)C. The quantitative estimate of drug-likeness (QED) is 0.619. The zero-order valence-corrected chi connectivity index (χ0v) is 13.8. The van der Waals surface area contributed by atoms with Crippen LogP contribution in [0.3, 0.4) is 0 Å². The Morgan fingerprint density at radius 1 is 1.22 bits per heavy atom. The molecule has 1 nitrogen and oxygen atoms in total. The van der Waals surface area contributed by atoms with Crippen molar-refractivity contribution in [1.29, 1.82) is 0 Å². The summed E-state index contributed by atoms with van der Waals surface area (Å²) in [5, 5.41) is 12.4. The Morgan fingerprint density at radius 3 is 2.22 bits per heavy atom.